The SMILES string of the molecule is CCOc1cc(/C=C2/C(=N)N3N=C(SC)SC3=NC2=O)ccc1OC(=O)c1ccco1. The first-order valence-corrected chi connectivity index (χ1v) is 11.1. The molecule has 2 aliphatic heterocycles. The molecule has 0 spiro atoms. The molecule has 0 fully saturated rings. The molecule has 1 amide bonds. The fourth-order valence-electron chi connectivity index (χ4n) is 2.74. The molecular formula is C20H16N4O5S2. The van der Waals surface area contributed by atoms with Crippen molar-refractivity contribution < 1.29 is 23.5 Å². The van der Waals surface area contributed by atoms with E-state index in [4.69, 9.17) is 19.3 Å². The minimum absolute atomic E-state index is 0.0576. The van der Waals surface area contributed by atoms with Gasteiger partial charge in [0.05, 0.1) is 18.4 Å². The smallest absolute Gasteiger partial charge is 0.379 e. The Bertz CT molecular complexity index is 1150. The number of nitrogens with zero attached hydrogens (tertiary/aromatic N) is 3. The minimum atomic E-state index is -0.655. The average Bonchev–Trinajstić information content (AvgIpc) is 3.43. The Morgan fingerprint density at radius 1 is 1.35 bits per heavy atom. The van der Waals surface area contributed by atoms with E-state index in [9.17, 15) is 9.59 Å². The normalized spacial score (nSPS) is 16.8. The van der Waals surface area contributed by atoms with Crippen LogP contribution in [0.5, 0.6) is 11.5 Å². The summed E-state index contributed by atoms with van der Waals surface area (Å²) in [5.74, 6) is -0.643. The van der Waals surface area contributed by atoms with Crippen molar-refractivity contribution in [2.24, 2.45) is 10.1 Å². The predicted octanol–water partition coefficient (Wildman–Crippen LogP) is 3.84. The number of hydrogen-bond acceptors (Lipinski definition) is 9. The third kappa shape index (κ3) is 4.28. The van der Waals surface area contributed by atoms with E-state index in [2.05, 4.69) is 10.1 Å². The van der Waals surface area contributed by atoms with E-state index in [1.165, 1.54) is 46.9 Å². The lowest BCUT2D eigenvalue weighted by Crippen LogP contribution is -2.35. The van der Waals surface area contributed by atoms with Crippen molar-refractivity contribution in [3.63, 3.8) is 0 Å². The Hall–Kier alpha value is -3.31. The Balaban J connectivity index is 1.62. The summed E-state index contributed by atoms with van der Waals surface area (Å²) in [5.41, 5.74) is 0.673. The lowest BCUT2D eigenvalue weighted by Gasteiger charge is -2.20. The number of carbonyl (C=O) groups is 2. The van der Waals surface area contributed by atoms with Gasteiger partial charge in [0.25, 0.3) is 5.91 Å². The molecule has 2 aromatic rings. The lowest BCUT2D eigenvalue weighted by molar-refractivity contribution is -0.114. The van der Waals surface area contributed by atoms with Gasteiger partial charge in [0.2, 0.25) is 10.9 Å². The Kier molecular flexibility index (Phi) is 5.96. The number of furan rings is 1. The zero-order chi connectivity index (χ0) is 22.0. The number of carbonyl (C=O) groups excluding carboxylic acids is 2. The van der Waals surface area contributed by atoms with E-state index in [0.29, 0.717) is 27.5 Å². The molecule has 1 aromatic heterocycles. The van der Waals surface area contributed by atoms with E-state index < -0.39 is 11.9 Å². The first-order chi connectivity index (χ1) is 15.0. The number of amides is 1. The predicted molar refractivity (Wildman–Crippen MR) is 120 cm³/mol. The molecule has 31 heavy (non-hydrogen) atoms. The van der Waals surface area contributed by atoms with E-state index in [1.54, 1.807) is 31.2 Å². The molecule has 11 heteroatoms. The number of amidine groups is 2. The maximum atomic E-state index is 12.5. The highest BCUT2D eigenvalue weighted by Crippen LogP contribution is 2.33. The van der Waals surface area contributed by atoms with Crippen molar-refractivity contribution in [2.45, 2.75) is 6.92 Å². The minimum Gasteiger partial charge on any atom is -0.490 e. The molecule has 1 aromatic carbocycles. The molecule has 0 aliphatic carbocycles. The number of rotatable bonds is 5. The molecule has 9 nitrogen and oxygen atoms in total. The van der Waals surface area contributed by atoms with Gasteiger partial charge >= 0.3 is 5.97 Å². The number of thioether (sulfide) groups is 2. The monoisotopic (exact) mass is 456 g/mol. The van der Waals surface area contributed by atoms with Crippen molar-refractivity contribution in [2.75, 3.05) is 12.9 Å². The summed E-state index contributed by atoms with van der Waals surface area (Å²) in [6.45, 7) is 2.14. The van der Waals surface area contributed by atoms with E-state index >= 15 is 0 Å². The number of fused-ring (bicyclic) bond motifs is 1. The third-order valence-corrected chi connectivity index (χ3v) is 6.00. The summed E-state index contributed by atoms with van der Waals surface area (Å²) < 4.78 is 16.7. The molecule has 4 rings (SSSR count). The largest absolute Gasteiger partial charge is 0.490 e. The van der Waals surface area contributed by atoms with Crippen LogP contribution in [-0.2, 0) is 4.79 Å². The van der Waals surface area contributed by atoms with Crippen LogP contribution >= 0.6 is 23.5 Å². The highest BCUT2D eigenvalue weighted by molar-refractivity contribution is 8.45. The zero-order valence-electron chi connectivity index (χ0n) is 16.4. The number of ether oxygens (including phenoxy) is 2. The fourth-order valence-corrected chi connectivity index (χ4v) is 4.08. The van der Waals surface area contributed by atoms with Crippen molar-refractivity contribution in [1.82, 2.24) is 5.01 Å². The van der Waals surface area contributed by atoms with Crippen LogP contribution in [0.25, 0.3) is 6.08 Å². The number of benzene rings is 1. The molecule has 0 saturated carbocycles. The molecule has 2 aliphatic rings. The van der Waals surface area contributed by atoms with Crippen molar-refractivity contribution in [3.8, 4) is 11.5 Å². The maximum absolute atomic E-state index is 12.5. The van der Waals surface area contributed by atoms with Gasteiger partial charge in [0.15, 0.2) is 21.7 Å². The van der Waals surface area contributed by atoms with E-state index in [-0.39, 0.29) is 22.9 Å². The second kappa shape index (κ2) is 8.82. The number of hydrogen-bond donors (Lipinski definition) is 1. The first-order valence-electron chi connectivity index (χ1n) is 9.07. The van der Waals surface area contributed by atoms with Crippen molar-refractivity contribution >= 4 is 56.9 Å². The summed E-state index contributed by atoms with van der Waals surface area (Å²) in [6.07, 6.45) is 4.77. The Morgan fingerprint density at radius 2 is 2.19 bits per heavy atom. The molecule has 158 valence electrons. The summed E-state index contributed by atoms with van der Waals surface area (Å²) in [7, 11) is 0. The van der Waals surface area contributed by atoms with Gasteiger partial charge in [0.1, 0.15) is 0 Å². The average molecular weight is 457 g/mol. The summed E-state index contributed by atoms with van der Waals surface area (Å²) in [4.78, 5) is 28.7. The van der Waals surface area contributed by atoms with Gasteiger partial charge in [0, 0.05) is 0 Å². The maximum Gasteiger partial charge on any atom is 0.379 e. The van der Waals surface area contributed by atoms with Gasteiger partial charge in [-0.2, -0.15) is 10.0 Å². The molecular weight excluding hydrogens is 440 g/mol. The Labute approximate surface area is 185 Å². The van der Waals surface area contributed by atoms with Crippen LogP contribution in [0, 0.1) is 5.41 Å². The van der Waals surface area contributed by atoms with Crippen molar-refractivity contribution in [1.29, 1.82) is 5.41 Å². The molecule has 0 saturated heterocycles. The number of aliphatic imine (C=N–C) groups is 1. The second-order valence-corrected chi connectivity index (χ2v) is 8.11. The molecule has 0 unspecified atom stereocenters. The summed E-state index contributed by atoms with van der Waals surface area (Å²) >= 11 is 2.67. The van der Waals surface area contributed by atoms with Crippen LogP contribution in [0.1, 0.15) is 23.0 Å². The topological polar surface area (TPSA) is 118 Å². The fraction of sp³-hybridized carbons (Fsp3) is 0.150. The molecule has 0 atom stereocenters. The zero-order valence-corrected chi connectivity index (χ0v) is 18.1. The van der Waals surface area contributed by atoms with Gasteiger partial charge in [-0.15, -0.1) is 16.9 Å². The van der Waals surface area contributed by atoms with Gasteiger partial charge in [-0.25, -0.2) is 4.79 Å². The Morgan fingerprint density at radius 3 is 2.90 bits per heavy atom. The van der Waals surface area contributed by atoms with Crippen LogP contribution in [0.3, 0.4) is 0 Å². The van der Waals surface area contributed by atoms with Gasteiger partial charge < -0.3 is 13.9 Å². The summed E-state index contributed by atoms with van der Waals surface area (Å²) in [5, 5.41) is 14.4. The van der Waals surface area contributed by atoms with Gasteiger partial charge in [-0.1, -0.05) is 6.07 Å². The molecule has 1 N–H and O–H groups in total. The molecule has 3 heterocycles. The summed E-state index contributed by atoms with van der Waals surface area (Å²) in [6, 6.07) is 7.91. The first kappa shape index (κ1) is 20.9. The number of esters is 1. The highest BCUT2D eigenvalue weighted by atomic mass is 32.2. The number of nitrogens with one attached hydrogen (secondary N) is 1. The standard InChI is InChI=1S/C20H16N4O5S2/c1-3-27-15-10-11(6-7-13(15)29-18(26)14-5-4-8-28-14)9-12-16(21)24-19(22-17(12)25)31-20(23-24)30-2/h4-10,21H,3H2,1-2H3/b12-9-,21-16?. The van der Waals surface area contributed by atoms with Crippen molar-refractivity contribution in [3.05, 3.63) is 53.5 Å². The van der Waals surface area contributed by atoms with Gasteiger partial charge in [-0.05, 0) is 60.8 Å². The van der Waals surface area contributed by atoms with E-state index in [1.807, 2.05) is 6.26 Å². The second-order valence-electron chi connectivity index (χ2n) is 6.10. The van der Waals surface area contributed by atoms with Crippen LogP contribution < -0.4 is 9.47 Å². The van der Waals surface area contributed by atoms with E-state index in [0.717, 1.165) is 0 Å². The quantitative estimate of drug-likeness (QED) is 0.410. The molecule has 0 radical (unpaired) electrons. The lowest BCUT2D eigenvalue weighted by atomic mass is 10.1. The van der Waals surface area contributed by atoms with Crippen LogP contribution in [0.2, 0.25) is 0 Å². The van der Waals surface area contributed by atoms with Crippen LogP contribution in [-0.4, -0.2) is 45.1 Å². The van der Waals surface area contributed by atoms with Gasteiger partial charge in [-0.3, -0.25) is 10.2 Å². The number of hydrazone groups is 1. The molecule has 0 bridgehead atoms. The third-order valence-electron chi connectivity index (χ3n) is 4.11. The van der Waals surface area contributed by atoms with Crippen LogP contribution in [0.4, 0.5) is 0 Å². The van der Waals surface area contributed by atoms with Crippen LogP contribution in [0.15, 0.2) is 56.7 Å². The highest BCUT2D eigenvalue weighted by Gasteiger charge is 2.35.